The van der Waals surface area contributed by atoms with Crippen molar-refractivity contribution in [3.63, 3.8) is 0 Å². The predicted molar refractivity (Wildman–Crippen MR) is 132 cm³/mol. The molecule has 0 aromatic heterocycles. The van der Waals surface area contributed by atoms with Crippen molar-refractivity contribution in [2.24, 2.45) is 0 Å². The van der Waals surface area contributed by atoms with Crippen LogP contribution in [0.25, 0.3) is 0 Å². The van der Waals surface area contributed by atoms with E-state index in [-0.39, 0.29) is 48.7 Å². The lowest BCUT2D eigenvalue weighted by molar-refractivity contribution is -0.141. The summed E-state index contributed by atoms with van der Waals surface area (Å²) < 4.78 is 41.0. The van der Waals surface area contributed by atoms with Crippen molar-refractivity contribution in [2.45, 2.75) is 69.0 Å². The normalized spacial score (nSPS) is 15.2. The van der Waals surface area contributed by atoms with Crippen LogP contribution in [0.15, 0.2) is 59.5 Å². The minimum Gasteiger partial charge on any atom is -0.352 e. The van der Waals surface area contributed by atoms with E-state index in [9.17, 15) is 22.4 Å². The summed E-state index contributed by atoms with van der Waals surface area (Å²) in [6, 6.07) is 13.6. The average Bonchev–Trinajstić information content (AvgIpc) is 3.36. The molecule has 1 aliphatic rings. The van der Waals surface area contributed by atoms with Gasteiger partial charge in [-0.15, -0.1) is 0 Å². The van der Waals surface area contributed by atoms with E-state index in [1.165, 1.54) is 34.5 Å². The fourth-order valence-electron chi connectivity index (χ4n) is 4.27. The quantitative estimate of drug-likeness (QED) is 0.507. The molecule has 0 unspecified atom stereocenters. The third-order valence-electron chi connectivity index (χ3n) is 6.48. The molecule has 1 N–H and O–H groups in total. The van der Waals surface area contributed by atoms with Gasteiger partial charge in [0.2, 0.25) is 21.8 Å². The van der Waals surface area contributed by atoms with E-state index in [1.807, 2.05) is 0 Å². The molecule has 9 heteroatoms. The molecule has 190 valence electrons. The Morgan fingerprint density at radius 2 is 1.69 bits per heavy atom. The fraction of sp³-hybridized carbons (Fsp3) is 0.462. The second kappa shape index (κ2) is 12.3. The van der Waals surface area contributed by atoms with Crippen LogP contribution in [0.2, 0.25) is 0 Å². The van der Waals surface area contributed by atoms with Crippen LogP contribution in [0.4, 0.5) is 4.39 Å². The van der Waals surface area contributed by atoms with Gasteiger partial charge in [0.25, 0.3) is 0 Å². The van der Waals surface area contributed by atoms with Crippen molar-refractivity contribution in [2.75, 3.05) is 13.6 Å². The number of sulfonamides is 1. The van der Waals surface area contributed by atoms with Crippen molar-refractivity contribution < 1.29 is 22.4 Å². The van der Waals surface area contributed by atoms with E-state index < -0.39 is 21.9 Å². The molecule has 0 aliphatic heterocycles. The summed E-state index contributed by atoms with van der Waals surface area (Å²) >= 11 is 0. The molecule has 0 heterocycles. The number of rotatable bonds is 11. The number of hydrogen-bond donors (Lipinski definition) is 1. The lowest BCUT2D eigenvalue weighted by Crippen LogP contribution is -2.49. The predicted octanol–water partition coefficient (Wildman–Crippen LogP) is 3.70. The minimum absolute atomic E-state index is 0.0319. The van der Waals surface area contributed by atoms with E-state index in [2.05, 4.69) is 5.32 Å². The topological polar surface area (TPSA) is 86.8 Å². The zero-order valence-electron chi connectivity index (χ0n) is 20.3. The van der Waals surface area contributed by atoms with Gasteiger partial charge in [0.15, 0.2) is 0 Å². The highest BCUT2D eigenvalue weighted by atomic mass is 32.2. The number of amides is 2. The van der Waals surface area contributed by atoms with Gasteiger partial charge in [-0.25, -0.2) is 17.1 Å². The maximum absolute atomic E-state index is 14.3. The molecule has 1 saturated carbocycles. The molecule has 2 amide bonds. The molecule has 1 aliphatic carbocycles. The highest BCUT2D eigenvalue weighted by Crippen LogP contribution is 2.20. The second-order valence-corrected chi connectivity index (χ2v) is 11.1. The highest BCUT2D eigenvalue weighted by Gasteiger charge is 2.29. The third-order valence-corrected chi connectivity index (χ3v) is 8.35. The number of nitrogens with zero attached hydrogens (tertiary/aromatic N) is 2. The Labute approximate surface area is 207 Å². The molecule has 0 saturated heterocycles. The Morgan fingerprint density at radius 3 is 2.34 bits per heavy atom. The number of halogens is 1. The standard InChI is InChI=1S/C26H34FN3O4S/c1-20(26(32)28-22-12-7-8-13-22)30(19-21-11-6-9-16-24(21)27)25(31)17-10-18-29(2)35(33,34)23-14-4-3-5-15-23/h3-6,9,11,14-16,20,22H,7-8,10,12-13,17-19H2,1-2H3,(H,28,32)/t20-/m1/s1. The monoisotopic (exact) mass is 503 g/mol. The van der Waals surface area contributed by atoms with Crippen LogP contribution in [0, 0.1) is 5.82 Å². The molecule has 0 radical (unpaired) electrons. The first-order valence-corrected chi connectivity index (χ1v) is 13.5. The van der Waals surface area contributed by atoms with E-state index in [1.54, 1.807) is 43.3 Å². The zero-order chi connectivity index (χ0) is 25.4. The fourth-order valence-corrected chi connectivity index (χ4v) is 5.50. The Balaban J connectivity index is 1.66. The van der Waals surface area contributed by atoms with Gasteiger partial charge < -0.3 is 10.2 Å². The first-order valence-electron chi connectivity index (χ1n) is 12.0. The third kappa shape index (κ3) is 7.11. The molecule has 2 aromatic rings. The van der Waals surface area contributed by atoms with E-state index >= 15 is 0 Å². The number of nitrogens with one attached hydrogen (secondary N) is 1. The molecule has 1 atom stereocenters. The van der Waals surface area contributed by atoms with Crippen LogP contribution >= 0.6 is 0 Å². The molecule has 3 rings (SSSR count). The van der Waals surface area contributed by atoms with Crippen LogP contribution in [-0.2, 0) is 26.2 Å². The number of benzene rings is 2. The van der Waals surface area contributed by atoms with Crippen LogP contribution in [0.3, 0.4) is 0 Å². The van der Waals surface area contributed by atoms with Gasteiger partial charge in [-0.05, 0) is 44.4 Å². The smallest absolute Gasteiger partial charge is 0.242 e. The van der Waals surface area contributed by atoms with Crippen LogP contribution in [0.5, 0.6) is 0 Å². The van der Waals surface area contributed by atoms with Gasteiger partial charge in [-0.2, -0.15) is 0 Å². The van der Waals surface area contributed by atoms with Gasteiger partial charge in [-0.3, -0.25) is 9.59 Å². The maximum Gasteiger partial charge on any atom is 0.242 e. The summed E-state index contributed by atoms with van der Waals surface area (Å²) in [7, 11) is -2.19. The Hall–Kier alpha value is -2.78. The largest absolute Gasteiger partial charge is 0.352 e. The molecule has 2 aromatic carbocycles. The molecule has 1 fully saturated rings. The van der Waals surface area contributed by atoms with Gasteiger partial charge in [0.05, 0.1) is 4.90 Å². The molecular weight excluding hydrogens is 469 g/mol. The summed E-state index contributed by atoms with van der Waals surface area (Å²) in [5.41, 5.74) is 0.324. The van der Waals surface area contributed by atoms with Crippen molar-refractivity contribution in [3.8, 4) is 0 Å². The molecule has 0 bridgehead atoms. The van der Waals surface area contributed by atoms with E-state index in [0.29, 0.717) is 5.56 Å². The van der Waals surface area contributed by atoms with Gasteiger partial charge in [0, 0.05) is 38.2 Å². The lowest BCUT2D eigenvalue weighted by atomic mass is 10.1. The zero-order valence-corrected chi connectivity index (χ0v) is 21.1. The second-order valence-electron chi connectivity index (χ2n) is 9.02. The van der Waals surface area contributed by atoms with Gasteiger partial charge in [0.1, 0.15) is 11.9 Å². The summed E-state index contributed by atoms with van der Waals surface area (Å²) in [6.07, 6.45) is 4.27. The van der Waals surface area contributed by atoms with E-state index in [4.69, 9.17) is 0 Å². The summed E-state index contributed by atoms with van der Waals surface area (Å²) in [4.78, 5) is 27.7. The summed E-state index contributed by atoms with van der Waals surface area (Å²) in [6.45, 7) is 1.75. The van der Waals surface area contributed by atoms with Crippen LogP contribution in [-0.4, -0.2) is 55.1 Å². The highest BCUT2D eigenvalue weighted by molar-refractivity contribution is 7.89. The Bertz CT molecular complexity index is 1100. The van der Waals surface area contributed by atoms with Crippen LogP contribution in [0.1, 0.15) is 51.0 Å². The number of carbonyl (C=O) groups is 2. The molecule has 7 nitrogen and oxygen atoms in total. The van der Waals surface area contributed by atoms with Crippen molar-refractivity contribution in [3.05, 3.63) is 66.0 Å². The first-order chi connectivity index (χ1) is 16.7. The summed E-state index contributed by atoms with van der Waals surface area (Å²) in [5.74, 6) is -1.03. The van der Waals surface area contributed by atoms with Crippen molar-refractivity contribution in [1.29, 1.82) is 0 Å². The Morgan fingerprint density at radius 1 is 1.06 bits per heavy atom. The van der Waals surface area contributed by atoms with Crippen LogP contribution < -0.4 is 5.32 Å². The minimum atomic E-state index is -3.66. The number of hydrogen-bond acceptors (Lipinski definition) is 4. The maximum atomic E-state index is 14.3. The first kappa shape index (κ1) is 26.8. The van der Waals surface area contributed by atoms with E-state index in [0.717, 1.165) is 25.7 Å². The van der Waals surface area contributed by atoms with Gasteiger partial charge in [-0.1, -0.05) is 49.2 Å². The van der Waals surface area contributed by atoms with Crippen molar-refractivity contribution >= 4 is 21.8 Å². The molecular formula is C26H34FN3O4S. The SMILES string of the molecule is C[C@H](C(=O)NC1CCCC1)N(Cc1ccccc1F)C(=O)CCCN(C)S(=O)(=O)c1ccccc1. The Kier molecular flexibility index (Phi) is 9.40. The summed E-state index contributed by atoms with van der Waals surface area (Å²) in [5, 5.41) is 3.01. The average molecular weight is 504 g/mol. The molecule has 0 spiro atoms. The lowest BCUT2D eigenvalue weighted by Gasteiger charge is -2.30. The van der Waals surface area contributed by atoms with Crippen molar-refractivity contribution in [1.82, 2.24) is 14.5 Å². The van der Waals surface area contributed by atoms with Gasteiger partial charge >= 0.3 is 0 Å². The molecule has 35 heavy (non-hydrogen) atoms. The number of carbonyl (C=O) groups excluding carboxylic acids is 2.